The number of nitrogens with one attached hydrogen (secondary N) is 1. The summed E-state index contributed by atoms with van der Waals surface area (Å²) in [6.45, 7) is 6.84. The number of rotatable bonds is 8. The molecule has 0 spiro atoms. The zero-order valence-corrected chi connectivity index (χ0v) is 20.7. The Labute approximate surface area is 208 Å². The lowest BCUT2D eigenvalue weighted by Crippen LogP contribution is -2.47. The molecule has 4 rings (SSSR count). The van der Waals surface area contributed by atoms with E-state index in [0.29, 0.717) is 12.1 Å². The van der Waals surface area contributed by atoms with Gasteiger partial charge in [0.25, 0.3) is 0 Å². The third-order valence-electron chi connectivity index (χ3n) is 6.18. The van der Waals surface area contributed by atoms with Gasteiger partial charge < -0.3 is 15.0 Å². The van der Waals surface area contributed by atoms with Gasteiger partial charge in [-0.2, -0.15) is 0 Å². The van der Waals surface area contributed by atoms with Crippen molar-refractivity contribution in [2.75, 3.05) is 44.3 Å². The van der Waals surface area contributed by atoms with Crippen molar-refractivity contribution in [3.63, 3.8) is 0 Å². The van der Waals surface area contributed by atoms with E-state index in [1.807, 2.05) is 24.3 Å². The largest absolute Gasteiger partial charge is 0.379 e. The summed E-state index contributed by atoms with van der Waals surface area (Å²) in [7, 11) is 0. The third-order valence-corrected chi connectivity index (χ3v) is 8.00. The highest BCUT2D eigenvalue weighted by atomic mass is 35.5. The third kappa shape index (κ3) is 5.92. The van der Waals surface area contributed by atoms with E-state index >= 15 is 0 Å². The SMILES string of the molecule is C[C@H](C(=O)NCCCN1CCOCC1)[C@H]1Sc2ccccc2N(Cc2ccc(F)cc2Cl)C1=O. The summed E-state index contributed by atoms with van der Waals surface area (Å²) in [5, 5.41) is 2.71. The minimum absolute atomic E-state index is 0.132. The molecule has 2 heterocycles. The van der Waals surface area contributed by atoms with Crippen LogP contribution in [-0.2, 0) is 20.9 Å². The number of hydrogen-bond donors (Lipinski definition) is 1. The van der Waals surface area contributed by atoms with Gasteiger partial charge in [-0.3, -0.25) is 14.5 Å². The predicted octanol–water partition coefficient (Wildman–Crippen LogP) is 3.96. The molecular formula is C25H29ClFN3O3S. The number of morpholine rings is 1. The van der Waals surface area contributed by atoms with Crippen LogP contribution in [0.15, 0.2) is 47.4 Å². The molecule has 2 aromatic carbocycles. The van der Waals surface area contributed by atoms with Gasteiger partial charge in [0, 0.05) is 29.6 Å². The van der Waals surface area contributed by atoms with Crippen molar-refractivity contribution in [2.45, 2.75) is 30.0 Å². The Morgan fingerprint density at radius 3 is 2.79 bits per heavy atom. The van der Waals surface area contributed by atoms with Gasteiger partial charge in [-0.25, -0.2) is 4.39 Å². The topological polar surface area (TPSA) is 61.9 Å². The molecule has 1 saturated heterocycles. The number of halogens is 2. The summed E-state index contributed by atoms with van der Waals surface area (Å²) in [5.41, 5.74) is 1.42. The van der Waals surface area contributed by atoms with E-state index < -0.39 is 17.0 Å². The maximum absolute atomic E-state index is 13.5. The Balaban J connectivity index is 1.42. The van der Waals surface area contributed by atoms with Gasteiger partial charge in [0.15, 0.2) is 0 Å². The lowest BCUT2D eigenvalue weighted by Gasteiger charge is -2.36. The van der Waals surface area contributed by atoms with Crippen LogP contribution in [0.25, 0.3) is 0 Å². The standard InChI is InChI=1S/C25H29ClFN3O3S/c1-17(24(31)28-9-4-10-29-11-13-33-14-12-29)23-25(32)30(21-5-2-3-6-22(21)34-23)16-18-7-8-19(27)15-20(18)26/h2-3,5-8,15,17,23H,4,9-14,16H2,1H3,(H,28,31)/t17-,23+/m0/s1. The van der Waals surface area contributed by atoms with E-state index in [1.165, 1.54) is 23.9 Å². The number of nitrogens with zero attached hydrogens (tertiary/aromatic N) is 2. The Morgan fingerprint density at radius 2 is 2.03 bits per heavy atom. The molecule has 34 heavy (non-hydrogen) atoms. The molecule has 9 heteroatoms. The lowest BCUT2D eigenvalue weighted by molar-refractivity contribution is -0.128. The molecule has 2 aliphatic heterocycles. The van der Waals surface area contributed by atoms with Crippen LogP contribution in [0.2, 0.25) is 5.02 Å². The maximum atomic E-state index is 13.5. The number of carbonyl (C=O) groups excluding carboxylic acids is 2. The van der Waals surface area contributed by atoms with Crippen molar-refractivity contribution >= 4 is 40.9 Å². The molecule has 0 bridgehead atoms. The van der Waals surface area contributed by atoms with Crippen molar-refractivity contribution in [3.05, 3.63) is 58.9 Å². The van der Waals surface area contributed by atoms with E-state index in [0.717, 1.165) is 49.9 Å². The Kier molecular flexibility index (Phi) is 8.47. The average Bonchev–Trinajstić information content (AvgIpc) is 2.84. The van der Waals surface area contributed by atoms with E-state index in [-0.39, 0.29) is 23.4 Å². The van der Waals surface area contributed by atoms with Crippen LogP contribution in [0.1, 0.15) is 18.9 Å². The van der Waals surface area contributed by atoms with Gasteiger partial charge in [0.2, 0.25) is 11.8 Å². The number of amides is 2. The van der Waals surface area contributed by atoms with Gasteiger partial charge in [-0.1, -0.05) is 36.7 Å². The maximum Gasteiger partial charge on any atom is 0.241 e. The Bertz CT molecular complexity index is 1030. The zero-order chi connectivity index (χ0) is 24.1. The average molecular weight is 506 g/mol. The summed E-state index contributed by atoms with van der Waals surface area (Å²) in [5.74, 6) is -1.22. The summed E-state index contributed by atoms with van der Waals surface area (Å²) in [6.07, 6.45) is 0.849. The van der Waals surface area contributed by atoms with Crippen LogP contribution in [0.5, 0.6) is 0 Å². The summed E-state index contributed by atoms with van der Waals surface area (Å²) in [4.78, 5) is 31.4. The van der Waals surface area contributed by atoms with Crippen molar-refractivity contribution in [3.8, 4) is 0 Å². The van der Waals surface area contributed by atoms with Crippen molar-refractivity contribution in [1.29, 1.82) is 0 Å². The number of ether oxygens (including phenoxy) is 1. The Hall–Kier alpha value is -2.13. The molecular weight excluding hydrogens is 477 g/mol. The molecule has 1 N–H and O–H groups in total. The van der Waals surface area contributed by atoms with E-state index in [2.05, 4.69) is 10.2 Å². The minimum Gasteiger partial charge on any atom is -0.379 e. The van der Waals surface area contributed by atoms with Gasteiger partial charge in [0.1, 0.15) is 11.1 Å². The molecule has 2 aromatic rings. The van der Waals surface area contributed by atoms with Crippen LogP contribution >= 0.6 is 23.4 Å². The molecule has 2 atom stereocenters. The van der Waals surface area contributed by atoms with E-state index in [4.69, 9.17) is 16.3 Å². The van der Waals surface area contributed by atoms with Crippen LogP contribution in [0.3, 0.4) is 0 Å². The molecule has 0 unspecified atom stereocenters. The molecule has 2 amide bonds. The molecule has 2 aliphatic rings. The fourth-order valence-electron chi connectivity index (χ4n) is 4.18. The zero-order valence-electron chi connectivity index (χ0n) is 19.1. The number of hydrogen-bond acceptors (Lipinski definition) is 5. The molecule has 0 aromatic heterocycles. The number of fused-ring (bicyclic) bond motifs is 1. The highest BCUT2D eigenvalue weighted by molar-refractivity contribution is 8.01. The molecule has 0 aliphatic carbocycles. The second kappa shape index (κ2) is 11.5. The van der Waals surface area contributed by atoms with Crippen molar-refractivity contribution < 1.29 is 18.7 Å². The molecule has 182 valence electrons. The molecule has 0 radical (unpaired) electrons. The molecule has 0 saturated carbocycles. The summed E-state index contributed by atoms with van der Waals surface area (Å²) in [6, 6.07) is 11.8. The summed E-state index contributed by atoms with van der Waals surface area (Å²) < 4.78 is 18.9. The number of benzene rings is 2. The van der Waals surface area contributed by atoms with E-state index in [1.54, 1.807) is 17.9 Å². The fraction of sp³-hybridized carbons (Fsp3) is 0.440. The predicted molar refractivity (Wildman–Crippen MR) is 133 cm³/mol. The second-order valence-corrected chi connectivity index (χ2v) is 10.1. The highest BCUT2D eigenvalue weighted by Gasteiger charge is 2.39. The number of carbonyl (C=O) groups is 2. The highest BCUT2D eigenvalue weighted by Crippen LogP contribution is 2.42. The Morgan fingerprint density at radius 1 is 1.26 bits per heavy atom. The van der Waals surface area contributed by atoms with Crippen LogP contribution in [-0.4, -0.2) is 61.4 Å². The van der Waals surface area contributed by atoms with E-state index in [9.17, 15) is 14.0 Å². The molecule has 1 fully saturated rings. The van der Waals surface area contributed by atoms with Gasteiger partial charge in [0.05, 0.1) is 31.4 Å². The fourth-order valence-corrected chi connectivity index (χ4v) is 5.69. The van der Waals surface area contributed by atoms with Crippen LogP contribution in [0, 0.1) is 11.7 Å². The summed E-state index contributed by atoms with van der Waals surface area (Å²) >= 11 is 7.66. The second-order valence-electron chi connectivity index (χ2n) is 8.55. The normalized spacial score (nSPS) is 19.6. The molecule has 6 nitrogen and oxygen atoms in total. The minimum atomic E-state index is -0.562. The smallest absolute Gasteiger partial charge is 0.241 e. The lowest BCUT2D eigenvalue weighted by atomic mass is 10.0. The van der Waals surface area contributed by atoms with Crippen molar-refractivity contribution in [1.82, 2.24) is 10.2 Å². The van der Waals surface area contributed by atoms with Gasteiger partial charge in [-0.15, -0.1) is 11.8 Å². The van der Waals surface area contributed by atoms with Gasteiger partial charge in [-0.05, 0) is 42.8 Å². The number of anilines is 1. The van der Waals surface area contributed by atoms with Crippen LogP contribution < -0.4 is 10.2 Å². The first-order valence-electron chi connectivity index (χ1n) is 11.5. The number of thioether (sulfide) groups is 1. The monoisotopic (exact) mass is 505 g/mol. The number of para-hydroxylation sites is 1. The quantitative estimate of drug-likeness (QED) is 0.550. The van der Waals surface area contributed by atoms with Crippen LogP contribution in [0.4, 0.5) is 10.1 Å². The first-order valence-corrected chi connectivity index (χ1v) is 12.8. The van der Waals surface area contributed by atoms with Crippen molar-refractivity contribution in [2.24, 2.45) is 5.92 Å². The first-order chi connectivity index (χ1) is 16.4. The first kappa shape index (κ1) is 25.0. The van der Waals surface area contributed by atoms with Gasteiger partial charge >= 0.3 is 0 Å².